The van der Waals surface area contributed by atoms with Crippen LogP contribution < -0.4 is 4.74 Å². The second-order valence-corrected chi connectivity index (χ2v) is 5.81. The normalized spacial score (nSPS) is 25.0. The van der Waals surface area contributed by atoms with Crippen LogP contribution in [0.2, 0.25) is 0 Å². The van der Waals surface area contributed by atoms with Gasteiger partial charge in [0.05, 0.1) is 6.10 Å². The van der Waals surface area contributed by atoms with Crippen molar-refractivity contribution < 1.29 is 9.84 Å². The maximum Gasteiger partial charge on any atom is 0.119 e. The molecule has 3 unspecified atom stereocenters. The molecule has 1 N–H and O–H groups in total. The Bertz CT molecular complexity index is 369. The molecule has 1 aromatic rings. The molecule has 1 fully saturated rings. The minimum atomic E-state index is -0.283. The topological polar surface area (TPSA) is 29.5 Å². The van der Waals surface area contributed by atoms with Gasteiger partial charge in [0.15, 0.2) is 0 Å². The molecule has 1 saturated carbocycles. The summed E-state index contributed by atoms with van der Waals surface area (Å²) >= 11 is 0. The smallest absolute Gasteiger partial charge is 0.119 e. The molecule has 0 aromatic heterocycles. The fraction of sp³-hybridized carbons (Fsp3) is 0.647. The van der Waals surface area contributed by atoms with Crippen LogP contribution >= 0.6 is 0 Å². The van der Waals surface area contributed by atoms with E-state index in [1.165, 1.54) is 32.1 Å². The molecule has 0 aliphatic heterocycles. The molecule has 0 bridgehead atoms. The standard InChI is InChI=1S/C17H26O2/c1-3-15-6-4-5-7-17(15)19-16-10-8-14(9-11-16)12-13(2)18/h8-11,13,15,17-18H,3-7,12H2,1-2H3. The summed E-state index contributed by atoms with van der Waals surface area (Å²) in [5, 5.41) is 9.37. The molecule has 0 amide bonds. The van der Waals surface area contributed by atoms with Gasteiger partial charge in [-0.3, -0.25) is 0 Å². The Morgan fingerprint density at radius 2 is 1.89 bits per heavy atom. The lowest BCUT2D eigenvalue weighted by Crippen LogP contribution is -2.29. The van der Waals surface area contributed by atoms with E-state index in [1.54, 1.807) is 0 Å². The Morgan fingerprint density at radius 3 is 2.53 bits per heavy atom. The van der Waals surface area contributed by atoms with Crippen molar-refractivity contribution in [2.75, 3.05) is 0 Å². The SMILES string of the molecule is CCC1CCCCC1Oc1ccc(CC(C)O)cc1. The molecule has 2 nitrogen and oxygen atoms in total. The highest BCUT2D eigenvalue weighted by molar-refractivity contribution is 5.27. The van der Waals surface area contributed by atoms with Gasteiger partial charge in [0.1, 0.15) is 11.9 Å². The first-order valence-electron chi connectivity index (χ1n) is 7.62. The summed E-state index contributed by atoms with van der Waals surface area (Å²) in [5.41, 5.74) is 1.16. The highest BCUT2D eigenvalue weighted by atomic mass is 16.5. The van der Waals surface area contributed by atoms with E-state index >= 15 is 0 Å². The highest BCUT2D eigenvalue weighted by Crippen LogP contribution is 2.30. The van der Waals surface area contributed by atoms with Crippen molar-refractivity contribution in [3.63, 3.8) is 0 Å². The summed E-state index contributed by atoms with van der Waals surface area (Å²) < 4.78 is 6.16. The van der Waals surface area contributed by atoms with Crippen molar-refractivity contribution >= 4 is 0 Å². The van der Waals surface area contributed by atoms with Crippen molar-refractivity contribution in [1.82, 2.24) is 0 Å². The largest absolute Gasteiger partial charge is 0.490 e. The van der Waals surface area contributed by atoms with E-state index < -0.39 is 0 Å². The van der Waals surface area contributed by atoms with Crippen LogP contribution in [0, 0.1) is 5.92 Å². The predicted molar refractivity (Wildman–Crippen MR) is 78.5 cm³/mol. The van der Waals surface area contributed by atoms with E-state index in [1.807, 2.05) is 19.1 Å². The fourth-order valence-electron chi connectivity index (χ4n) is 3.02. The van der Waals surface area contributed by atoms with Crippen LogP contribution in [-0.2, 0) is 6.42 Å². The van der Waals surface area contributed by atoms with E-state index in [2.05, 4.69) is 19.1 Å². The minimum Gasteiger partial charge on any atom is -0.490 e. The molecule has 1 aliphatic rings. The van der Waals surface area contributed by atoms with Gasteiger partial charge in [-0.2, -0.15) is 0 Å². The summed E-state index contributed by atoms with van der Waals surface area (Å²) in [6.07, 6.45) is 7.17. The van der Waals surface area contributed by atoms with Gasteiger partial charge >= 0.3 is 0 Å². The zero-order chi connectivity index (χ0) is 13.7. The number of hydrogen-bond donors (Lipinski definition) is 1. The van der Waals surface area contributed by atoms with Gasteiger partial charge in [-0.15, -0.1) is 0 Å². The summed E-state index contributed by atoms with van der Waals surface area (Å²) in [6.45, 7) is 4.08. The number of aliphatic hydroxyl groups excluding tert-OH is 1. The van der Waals surface area contributed by atoms with E-state index in [-0.39, 0.29) is 6.10 Å². The lowest BCUT2D eigenvalue weighted by molar-refractivity contribution is 0.0903. The molecule has 0 radical (unpaired) electrons. The summed E-state index contributed by atoms with van der Waals surface area (Å²) in [6, 6.07) is 8.20. The number of benzene rings is 1. The number of ether oxygens (including phenoxy) is 1. The lowest BCUT2D eigenvalue weighted by atomic mass is 9.85. The Morgan fingerprint density at radius 1 is 1.21 bits per heavy atom. The summed E-state index contributed by atoms with van der Waals surface area (Å²) in [4.78, 5) is 0. The van der Waals surface area contributed by atoms with Crippen LogP contribution in [0.5, 0.6) is 5.75 Å². The van der Waals surface area contributed by atoms with Crippen LogP contribution in [0.1, 0.15) is 51.5 Å². The van der Waals surface area contributed by atoms with Crippen LogP contribution in [0.15, 0.2) is 24.3 Å². The zero-order valence-electron chi connectivity index (χ0n) is 12.1. The maximum atomic E-state index is 9.37. The van der Waals surface area contributed by atoms with Crippen LogP contribution in [0.4, 0.5) is 0 Å². The highest BCUT2D eigenvalue weighted by Gasteiger charge is 2.25. The van der Waals surface area contributed by atoms with Crippen LogP contribution in [0.25, 0.3) is 0 Å². The molecule has 2 rings (SSSR count). The van der Waals surface area contributed by atoms with Crippen molar-refractivity contribution in [3.05, 3.63) is 29.8 Å². The Hall–Kier alpha value is -1.02. The Balaban J connectivity index is 1.94. The molecule has 1 aliphatic carbocycles. The number of aliphatic hydroxyl groups is 1. The molecular weight excluding hydrogens is 236 g/mol. The third kappa shape index (κ3) is 4.24. The van der Waals surface area contributed by atoms with Gasteiger partial charge in [-0.1, -0.05) is 25.5 Å². The molecule has 3 atom stereocenters. The van der Waals surface area contributed by atoms with Crippen molar-refractivity contribution in [3.8, 4) is 5.75 Å². The second kappa shape index (κ2) is 6.95. The van der Waals surface area contributed by atoms with Crippen molar-refractivity contribution in [2.45, 2.75) is 64.6 Å². The van der Waals surface area contributed by atoms with E-state index in [4.69, 9.17) is 4.74 Å². The van der Waals surface area contributed by atoms with E-state index in [0.717, 1.165) is 11.3 Å². The first kappa shape index (κ1) is 14.4. The molecule has 0 heterocycles. The second-order valence-electron chi connectivity index (χ2n) is 5.81. The van der Waals surface area contributed by atoms with Gasteiger partial charge in [-0.25, -0.2) is 0 Å². The average molecular weight is 262 g/mol. The maximum absolute atomic E-state index is 9.37. The van der Waals surface area contributed by atoms with Gasteiger partial charge in [0, 0.05) is 0 Å². The first-order chi connectivity index (χ1) is 9.19. The van der Waals surface area contributed by atoms with Crippen LogP contribution in [0.3, 0.4) is 0 Å². The predicted octanol–water partition coefficient (Wildman–Crippen LogP) is 3.96. The lowest BCUT2D eigenvalue weighted by Gasteiger charge is -2.31. The zero-order valence-corrected chi connectivity index (χ0v) is 12.1. The third-order valence-corrected chi connectivity index (χ3v) is 4.11. The van der Waals surface area contributed by atoms with Gasteiger partial charge in [0.25, 0.3) is 0 Å². The molecule has 0 saturated heterocycles. The molecule has 1 aromatic carbocycles. The molecule has 2 heteroatoms. The quantitative estimate of drug-likeness (QED) is 0.870. The first-order valence-corrected chi connectivity index (χ1v) is 7.62. The van der Waals surface area contributed by atoms with E-state index in [0.29, 0.717) is 18.4 Å². The summed E-state index contributed by atoms with van der Waals surface area (Å²) in [7, 11) is 0. The van der Waals surface area contributed by atoms with Crippen molar-refractivity contribution in [1.29, 1.82) is 0 Å². The number of rotatable bonds is 5. The molecule has 106 valence electrons. The average Bonchev–Trinajstić information content (AvgIpc) is 2.41. The monoisotopic (exact) mass is 262 g/mol. The third-order valence-electron chi connectivity index (χ3n) is 4.11. The minimum absolute atomic E-state index is 0.283. The van der Waals surface area contributed by atoms with Crippen molar-refractivity contribution in [2.24, 2.45) is 5.92 Å². The van der Waals surface area contributed by atoms with Crippen LogP contribution in [-0.4, -0.2) is 17.3 Å². The Labute approximate surface area is 116 Å². The fourth-order valence-corrected chi connectivity index (χ4v) is 3.02. The molecule has 19 heavy (non-hydrogen) atoms. The Kier molecular flexibility index (Phi) is 5.26. The van der Waals surface area contributed by atoms with Gasteiger partial charge < -0.3 is 9.84 Å². The number of hydrogen-bond acceptors (Lipinski definition) is 2. The van der Waals surface area contributed by atoms with E-state index in [9.17, 15) is 5.11 Å². The molecular formula is C17H26O2. The molecule has 0 spiro atoms. The van der Waals surface area contributed by atoms with Gasteiger partial charge in [-0.05, 0) is 62.6 Å². The van der Waals surface area contributed by atoms with Gasteiger partial charge in [0.2, 0.25) is 0 Å². The summed E-state index contributed by atoms with van der Waals surface area (Å²) in [5.74, 6) is 1.69.